The molecule has 0 bridgehead atoms. The van der Waals surface area contributed by atoms with Gasteiger partial charge in [-0.15, -0.1) is 0 Å². The molecule has 0 radical (unpaired) electrons. The average molecular weight is 254 g/mol. The van der Waals surface area contributed by atoms with E-state index in [2.05, 4.69) is 41.7 Å². The minimum atomic E-state index is -0.0362. The van der Waals surface area contributed by atoms with E-state index in [9.17, 15) is 0 Å². The Labute approximate surface area is 91.5 Å². The topological polar surface area (TPSA) is 26.0 Å². The first-order chi connectivity index (χ1) is 6.47. The van der Waals surface area contributed by atoms with Crippen molar-refractivity contribution in [3.8, 4) is 0 Å². The molecule has 2 rings (SSSR count). The molecule has 0 unspecified atom stereocenters. The first-order valence-corrected chi connectivity index (χ1v) is 5.33. The van der Waals surface area contributed by atoms with Gasteiger partial charge in [-0.3, -0.25) is 0 Å². The predicted octanol–water partition coefficient (Wildman–Crippen LogP) is 3.89. The lowest BCUT2D eigenvalue weighted by atomic mass is 9.97. The molecule has 0 N–H and O–H groups in total. The molecule has 3 heteroatoms. The smallest absolute Gasteiger partial charge is 0.200 e. The molecule has 14 heavy (non-hydrogen) atoms. The van der Waals surface area contributed by atoms with Crippen molar-refractivity contribution in [3.63, 3.8) is 0 Å². The number of rotatable bonds is 0. The lowest BCUT2D eigenvalue weighted by molar-refractivity contribution is 0.411. The molecule has 0 spiro atoms. The number of halogens is 1. The van der Waals surface area contributed by atoms with Crippen LogP contribution >= 0.6 is 15.9 Å². The fraction of sp³-hybridized carbons (Fsp3) is 0.364. The van der Waals surface area contributed by atoms with Crippen LogP contribution in [0.25, 0.3) is 11.1 Å². The second-order valence-electron chi connectivity index (χ2n) is 4.38. The Kier molecular flexibility index (Phi) is 2.14. The summed E-state index contributed by atoms with van der Waals surface area (Å²) in [6.45, 7) is 6.27. The summed E-state index contributed by atoms with van der Waals surface area (Å²) in [6, 6.07) is 5.87. The number of hydrogen-bond donors (Lipinski definition) is 0. The Morgan fingerprint density at radius 2 is 2.00 bits per heavy atom. The molecular formula is C11H12BrNO. The van der Waals surface area contributed by atoms with E-state index in [1.54, 1.807) is 0 Å². The summed E-state index contributed by atoms with van der Waals surface area (Å²) >= 11 is 3.40. The molecule has 0 aliphatic rings. The highest BCUT2D eigenvalue weighted by molar-refractivity contribution is 9.10. The van der Waals surface area contributed by atoms with Gasteiger partial charge >= 0.3 is 0 Å². The summed E-state index contributed by atoms with van der Waals surface area (Å²) in [4.78, 5) is 4.44. The third-order valence-electron chi connectivity index (χ3n) is 1.99. The summed E-state index contributed by atoms with van der Waals surface area (Å²) in [5, 5.41) is 0. The van der Waals surface area contributed by atoms with E-state index >= 15 is 0 Å². The van der Waals surface area contributed by atoms with Gasteiger partial charge in [0.1, 0.15) is 5.52 Å². The molecule has 2 nitrogen and oxygen atoms in total. The highest BCUT2D eigenvalue weighted by atomic mass is 79.9. The van der Waals surface area contributed by atoms with Crippen LogP contribution in [-0.4, -0.2) is 4.98 Å². The first-order valence-electron chi connectivity index (χ1n) is 4.53. The monoisotopic (exact) mass is 253 g/mol. The lowest BCUT2D eigenvalue weighted by Gasteiger charge is -2.11. The van der Waals surface area contributed by atoms with Crippen LogP contribution in [0.2, 0.25) is 0 Å². The Hall–Kier alpha value is -0.830. The van der Waals surface area contributed by atoms with Crippen molar-refractivity contribution in [1.82, 2.24) is 4.98 Å². The van der Waals surface area contributed by atoms with Crippen molar-refractivity contribution >= 4 is 27.0 Å². The summed E-state index contributed by atoms with van der Waals surface area (Å²) < 4.78 is 6.69. The summed E-state index contributed by atoms with van der Waals surface area (Å²) in [5.41, 5.74) is 1.72. The van der Waals surface area contributed by atoms with E-state index in [0.29, 0.717) is 0 Å². The number of nitrogens with zero attached hydrogens (tertiary/aromatic N) is 1. The van der Waals surface area contributed by atoms with E-state index in [-0.39, 0.29) is 5.41 Å². The third-order valence-corrected chi connectivity index (χ3v) is 2.49. The zero-order chi connectivity index (χ0) is 10.3. The van der Waals surface area contributed by atoms with Gasteiger partial charge in [0.15, 0.2) is 5.58 Å². The Balaban J connectivity index is 2.63. The molecule has 0 aliphatic heterocycles. The van der Waals surface area contributed by atoms with Crippen molar-refractivity contribution in [2.75, 3.05) is 0 Å². The highest BCUT2D eigenvalue weighted by Gasteiger charge is 2.20. The van der Waals surface area contributed by atoms with E-state index in [0.717, 1.165) is 21.5 Å². The van der Waals surface area contributed by atoms with Crippen molar-refractivity contribution < 1.29 is 4.42 Å². The Morgan fingerprint density at radius 1 is 1.29 bits per heavy atom. The maximum atomic E-state index is 5.67. The molecule has 0 atom stereocenters. The number of benzene rings is 1. The fourth-order valence-corrected chi connectivity index (χ4v) is 1.56. The largest absolute Gasteiger partial charge is 0.440 e. The van der Waals surface area contributed by atoms with E-state index in [1.165, 1.54) is 0 Å². The van der Waals surface area contributed by atoms with Crippen LogP contribution in [-0.2, 0) is 5.41 Å². The summed E-state index contributed by atoms with van der Waals surface area (Å²) in [6.07, 6.45) is 0. The van der Waals surface area contributed by atoms with E-state index in [1.807, 2.05) is 18.2 Å². The zero-order valence-electron chi connectivity index (χ0n) is 8.47. The van der Waals surface area contributed by atoms with Gasteiger partial charge in [0.2, 0.25) is 5.89 Å². The zero-order valence-corrected chi connectivity index (χ0v) is 10.1. The number of hydrogen-bond acceptors (Lipinski definition) is 2. The minimum absolute atomic E-state index is 0.0362. The molecule has 1 aromatic heterocycles. The van der Waals surface area contributed by atoms with Crippen LogP contribution in [0, 0.1) is 0 Å². The second kappa shape index (κ2) is 3.09. The van der Waals surface area contributed by atoms with Crippen molar-refractivity contribution in [2.24, 2.45) is 0 Å². The quantitative estimate of drug-likeness (QED) is 0.712. The molecular weight excluding hydrogens is 242 g/mol. The van der Waals surface area contributed by atoms with Crippen molar-refractivity contribution in [1.29, 1.82) is 0 Å². The van der Waals surface area contributed by atoms with Crippen LogP contribution < -0.4 is 0 Å². The van der Waals surface area contributed by atoms with Crippen LogP contribution in [0.3, 0.4) is 0 Å². The molecule has 0 aliphatic carbocycles. The molecule has 0 saturated heterocycles. The third kappa shape index (κ3) is 1.69. The van der Waals surface area contributed by atoms with Gasteiger partial charge in [-0.05, 0) is 18.2 Å². The Bertz CT molecular complexity index is 468. The molecule has 0 saturated carbocycles. The number of oxazole rings is 1. The molecule has 1 aromatic carbocycles. The van der Waals surface area contributed by atoms with Gasteiger partial charge in [-0.2, -0.15) is 0 Å². The van der Waals surface area contributed by atoms with Gasteiger partial charge in [-0.1, -0.05) is 36.7 Å². The van der Waals surface area contributed by atoms with Crippen LogP contribution in [0.4, 0.5) is 0 Å². The normalized spacial score (nSPS) is 12.3. The summed E-state index contributed by atoms with van der Waals surface area (Å²) in [7, 11) is 0. The maximum Gasteiger partial charge on any atom is 0.200 e. The Morgan fingerprint density at radius 3 is 2.64 bits per heavy atom. The highest BCUT2D eigenvalue weighted by Crippen LogP contribution is 2.27. The van der Waals surface area contributed by atoms with Gasteiger partial charge in [-0.25, -0.2) is 4.98 Å². The van der Waals surface area contributed by atoms with Crippen molar-refractivity contribution in [3.05, 3.63) is 28.6 Å². The minimum Gasteiger partial charge on any atom is -0.440 e. The average Bonchev–Trinajstić information content (AvgIpc) is 2.45. The van der Waals surface area contributed by atoms with E-state index < -0.39 is 0 Å². The lowest BCUT2D eigenvalue weighted by Crippen LogP contribution is -2.10. The van der Waals surface area contributed by atoms with Crippen molar-refractivity contribution in [2.45, 2.75) is 26.2 Å². The molecule has 2 aromatic rings. The summed E-state index contributed by atoms with van der Waals surface area (Å²) in [5.74, 6) is 0.783. The van der Waals surface area contributed by atoms with E-state index in [4.69, 9.17) is 4.42 Å². The molecule has 0 amide bonds. The first kappa shape index (κ1) is 9.71. The number of fused-ring (bicyclic) bond motifs is 1. The van der Waals surface area contributed by atoms with Gasteiger partial charge in [0, 0.05) is 9.89 Å². The molecule has 0 fully saturated rings. The maximum absolute atomic E-state index is 5.67. The predicted molar refractivity (Wildman–Crippen MR) is 60.4 cm³/mol. The molecule has 74 valence electrons. The SMILES string of the molecule is CC(C)(C)c1nc2ccc(Br)cc2o1. The van der Waals surface area contributed by atoms with Gasteiger partial charge in [0.25, 0.3) is 0 Å². The van der Waals surface area contributed by atoms with Gasteiger partial charge in [0.05, 0.1) is 0 Å². The second-order valence-corrected chi connectivity index (χ2v) is 5.30. The standard InChI is InChI=1S/C11H12BrNO/c1-11(2,3)10-13-8-5-4-7(12)6-9(8)14-10/h4-6H,1-3H3. The fourth-order valence-electron chi connectivity index (χ4n) is 1.22. The van der Waals surface area contributed by atoms with Gasteiger partial charge < -0.3 is 4.42 Å². The van der Waals surface area contributed by atoms with Crippen LogP contribution in [0.15, 0.2) is 27.1 Å². The molecule has 1 heterocycles. The van der Waals surface area contributed by atoms with Crippen LogP contribution in [0.1, 0.15) is 26.7 Å². The number of aromatic nitrogens is 1. The van der Waals surface area contributed by atoms with Crippen LogP contribution in [0.5, 0.6) is 0 Å².